The van der Waals surface area contributed by atoms with Crippen LogP contribution in [-0.2, 0) is 6.42 Å². The van der Waals surface area contributed by atoms with Crippen molar-refractivity contribution >= 4 is 28.3 Å². The molecule has 0 aliphatic carbocycles. The number of Topliss-reactive ketones (excluding diaryl/α,β-unsaturated/α-hetero) is 1. The number of fused-ring (bicyclic) bond motifs is 1. The number of halogens is 1. The number of hydrogen-bond donors (Lipinski definition) is 0. The molecule has 0 aliphatic heterocycles. The van der Waals surface area contributed by atoms with Crippen LogP contribution in [0.3, 0.4) is 0 Å². The molecule has 20 heavy (non-hydrogen) atoms. The van der Waals surface area contributed by atoms with Crippen molar-refractivity contribution in [1.29, 1.82) is 0 Å². The first kappa shape index (κ1) is 12.8. The fourth-order valence-electron chi connectivity index (χ4n) is 2.14. The molecule has 1 aromatic heterocycles. The average Bonchev–Trinajstić information content (AvgIpc) is 2.49. The van der Waals surface area contributed by atoms with Crippen LogP contribution in [-0.4, -0.2) is 10.8 Å². The summed E-state index contributed by atoms with van der Waals surface area (Å²) in [5.41, 5.74) is 2.35. The molecule has 3 rings (SSSR count). The number of aromatic nitrogens is 1. The summed E-state index contributed by atoms with van der Waals surface area (Å²) in [6, 6.07) is 17.0. The Morgan fingerprint density at radius 3 is 2.65 bits per heavy atom. The molecule has 0 saturated carbocycles. The quantitative estimate of drug-likeness (QED) is 0.670. The third-order valence-corrected chi connectivity index (χ3v) is 3.59. The van der Waals surface area contributed by atoms with E-state index >= 15 is 0 Å². The van der Waals surface area contributed by atoms with E-state index in [1.807, 2.05) is 48.5 Å². The third-order valence-electron chi connectivity index (χ3n) is 3.22. The lowest BCUT2D eigenvalue weighted by atomic mass is 10.0. The second-order valence-electron chi connectivity index (χ2n) is 4.61. The van der Waals surface area contributed by atoms with E-state index in [4.69, 9.17) is 11.6 Å². The molecule has 0 radical (unpaired) electrons. The molecule has 0 saturated heterocycles. The molecular formula is C17H12ClNO. The number of ketones is 1. The van der Waals surface area contributed by atoms with Gasteiger partial charge in [-0.05, 0) is 23.8 Å². The van der Waals surface area contributed by atoms with Crippen molar-refractivity contribution < 1.29 is 4.79 Å². The number of carbonyl (C=O) groups excluding carboxylic acids is 1. The molecule has 1 heterocycles. The van der Waals surface area contributed by atoms with Gasteiger partial charge in [0.15, 0.2) is 5.78 Å². The summed E-state index contributed by atoms with van der Waals surface area (Å²) in [7, 11) is 0. The molecule has 3 heteroatoms. The number of benzene rings is 2. The Hall–Kier alpha value is -2.19. The Morgan fingerprint density at radius 2 is 1.80 bits per heavy atom. The largest absolute Gasteiger partial charge is 0.294 e. The summed E-state index contributed by atoms with van der Waals surface area (Å²) in [6.07, 6.45) is 1.92. The lowest BCUT2D eigenvalue weighted by Gasteiger charge is -2.04. The standard InChI is InChI=1S/C17H12ClNO/c18-15-7-3-1-5-12(15)10-17(20)14-9-13-6-2-4-8-16(13)19-11-14/h1-9,11H,10H2. The number of rotatable bonds is 3. The number of carbonyl (C=O) groups is 1. The van der Waals surface area contributed by atoms with Gasteiger partial charge in [-0.15, -0.1) is 0 Å². The van der Waals surface area contributed by atoms with E-state index in [2.05, 4.69) is 4.98 Å². The zero-order valence-corrected chi connectivity index (χ0v) is 11.5. The molecule has 2 nitrogen and oxygen atoms in total. The molecular weight excluding hydrogens is 270 g/mol. The van der Waals surface area contributed by atoms with Crippen LogP contribution >= 0.6 is 11.6 Å². The highest BCUT2D eigenvalue weighted by molar-refractivity contribution is 6.31. The molecule has 3 aromatic rings. The van der Waals surface area contributed by atoms with Crippen molar-refractivity contribution in [3.63, 3.8) is 0 Å². The molecule has 0 spiro atoms. The fraction of sp³-hybridized carbons (Fsp3) is 0.0588. The van der Waals surface area contributed by atoms with Crippen molar-refractivity contribution in [1.82, 2.24) is 4.98 Å². The number of nitrogens with zero attached hydrogens (tertiary/aromatic N) is 1. The van der Waals surface area contributed by atoms with Crippen LogP contribution in [0, 0.1) is 0 Å². The van der Waals surface area contributed by atoms with Crippen molar-refractivity contribution in [3.8, 4) is 0 Å². The normalized spacial score (nSPS) is 10.7. The van der Waals surface area contributed by atoms with Gasteiger partial charge in [-0.25, -0.2) is 0 Å². The zero-order chi connectivity index (χ0) is 13.9. The Kier molecular flexibility index (Phi) is 3.48. The first-order chi connectivity index (χ1) is 9.74. The molecule has 2 aromatic carbocycles. The van der Waals surface area contributed by atoms with Gasteiger partial charge in [0, 0.05) is 28.6 Å². The monoisotopic (exact) mass is 281 g/mol. The van der Waals surface area contributed by atoms with E-state index in [1.54, 1.807) is 12.3 Å². The first-order valence-electron chi connectivity index (χ1n) is 6.35. The molecule has 0 atom stereocenters. The van der Waals surface area contributed by atoms with Crippen molar-refractivity contribution in [3.05, 3.63) is 76.9 Å². The van der Waals surface area contributed by atoms with Crippen molar-refractivity contribution in [2.24, 2.45) is 0 Å². The van der Waals surface area contributed by atoms with E-state index in [0.717, 1.165) is 16.5 Å². The number of para-hydroxylation sites is 1. The van der Waals surface area contributed by atoms with Gasteiger partial charge < -0.3 is 0 Å². The van der Waals surface area contributed by atoms with E-state index in [9.17, 15) is 4.79 Å². The van der Waals surface area contributed by atoms with Gasteiger partial charge in [-0.1, -0.05) is 48.0 Å². The Labute approximate surface area is 122 Å². The van der Waals surface area contributed by atoms with Gasteiger partial charge in [0.2, 0.25) is 0 Å². The summed E-state index contributed by atoms with van der Waals surface area (Å²) in [5, 5.41) is 1.59. The summed E-state index contributed by atoms with van der Waals surface area (Å²) in [6.45, 7) is 0. The predicted octanol–water partition coefficient (Wildman–Crippen LogP) is 4.31. The van der Waals surface area contributed by atoms with Crippen LogP contribution in [0.1, 0.15) is 15.9 Å². The molecule has 0 fully saturated rings. The fourth-order valence-corrected chi connectivity index (χ4v) is 2.34. The minimum atomic E-state index is 0.0244. The lowest BCUT2D eigenvalue weighted by molar-refractivity contribution is 0.0993. The average molecular weight is 282 g/mol. The van der Waals surface area contributed by atoms with Crippen LogP contribution in [0.15, 0.2) is 60.8 Å². The maximum Gasteiger partial charge on any atom is 0.168 e. The molecule has 0 aliphatic rings. The molecule has 0 unspecified atom stereocenters. The van der Waals surface area contributed by atoms with Gasteiger partial charge in [-0.2, -0.15) is 0 Å². The minimum Gasteiger partial charge on any atom is -0.294 e. The third kappa shape index (κ3) is 2.56. The summed E-state index contributed by atoms with van der Waals surface area (Å²) < 4.78 is 0. The van der Waals surface area contributed by atoms with E-state index in [0.29, 0.717) is 17.0 Å². The Balaban J connectivity index is 1.91. The second-order valence-corrected chi connectivity index (χ2v) is 5.02. The highest BCUT2D eigenvalue weighted by Gasteiger charge is 2.10. The van der Waals surface area contributed by atoms with Gasteiger partial charge >= 0.3 is 0 Å². The van der Waals surface area contributed by atoms with Crippen molar-refractivity contribution in [2.75, 3.05) is 0 Å². The number of hydrogen-bond acceptors (Lipinski definition) is 2. The van der Waals surface area contributed by atoms with Crippen LogP contribution in [0.25, 0.3) is 10.9 Å². The Morgan fingerprint density at radius 1 is 1.05 bits per heavy atom. The van der Waals surface area contributed by atoms with E-state index in [-0.39, 0.29) is 5.78 Å². The molecule has 0 bridgehead atoms. The second kappa shape index (κ2) is 5.43. The minimum absolute atomic E-state index is 0.0244. The summed E-state index contributed by atoms with van der Waals surface area (Å²) in [5.74, 6) is 0.0244. The van der Waals surface area contributed by atoms with Gasteiger partial charge in [0.25, 0.3) is 0 Å². The topological polar surface area (TPSA) is 30.0 Å². The van der Waals surface area contributed by atoms with Crippen LogP contribution in [0.5, 0.6) is 0 Å². The van der Waals surface area contributed by atoms with Gasteiger partial charge in [-0.3, -0.25) is 9.78 Å². The zero-order valence-electron chi connectivity index (χ0n) is 10.7. The predicted molar refractivity (Wildman–Crippen MR) is 81.2 cm³/mol. The lowest BCUT2D eigenvalue weighted by Crippen LogP contribution is -2.04. The van der Waals surface area contributed by atoms with Gasteiger partial charge in [0.05, 0.1) is 5.52 Å². The SMILES string of the molecule is O=C(Cc1ccccc1Cl)c1cnc2ccccc2c1. The maximum absolute atomic E-state index is 12.3. The van der Waals surface area contributed by atoms with E-state index in [1.165, 1.54) is 0 Å². The van der Waals surface area contributed by atoms with Crippen LogP contribution < -0.4 is 0 Å². The van der Waals surface area contributed by atoms with Crippen molar-refractivity contribution in [2.45, 2.75) is 6.42 Å². The maximum atomic E-state index is 12.3. The molecule has 0 N–H and O–H groups in total. The smallest absolute Gasteiger partial charge is 0.168 e. The van der Waals surface area contributed by atoms with Crippen LogP contribution in [0.2, 0.25) is 5.02 Å². The Bertz CT molecular complexity index is 783. The highest BCUT2D eigenvalue weighted by Crippen LogP contribution is 2.19. The highest BCUT2D eigenvalue weighted by atomic mass is 35.5. The molecule has 0 amide bonds. The molecule has 98 valence electrons. The van der Waals surface area contributed by atoms with Crippen LogP contribution in [0.4, 0.5) is 0 Å². The first-order valence-corrected chi connectivity index (χ1v) is 6.73. The summed E-state index contributed by atoms with van der Waals surface area (Å²) >= 11 is 6.08. The summed E-state index contributed by atoms with van der Waals surface area (Å²) in [4.78, 5) is 16.6. The van der Waals surface area contributed by atoms with Gasteiger partial charge in [0.1, 0.15) is 0 Å². The van der Waals surface area contributed by atoms with E-state index < -0.39 is 0 Å². The number of pyridine rings is 1.